The van der Waals surface area contributed by atoms with Gasteiger partial charge < -0.3 is 0 Å². The summed E-state index contributed by atoms with van der Waals surface area (Å²) in [7, 11) is -3.07. The molecule has 0 atom stereocenters. The molecule has 1 aromatic carbocycles. The van der Waals surface area contributed by atoms with Gasteiger partial charge in [-0.15, -0.1) is 0 Å². The Morgan fingerprint density at radius 2 is 2.08 bits per heavy atom. The summed E-state index contributed by atoms with van der Waals surface area (Å²) in [6.45, 7) is 1.65. The number of benzene rings is 1. The zero-order valence-corrected chi connectivity index (χ0v) is 11.5. The van der Waals surface area contributed by atoms with Crippen molar-refractivity contribution >= 4 is 48.4 Å². The molecule has 0 bridgehead atoms. The molecule has 0 saturated carbocycles. The van der Waals surface area contributed by atoms with Crippen LogP contribution in [0.5, 0.6) is 0 Å². The van der Waals surface area contributed by atoms with E-state index in [1.807, 2.05) is 22.6 Å². The molecule has 0 aliphatic carbocycles. The van der Waals surface area contributed by atoms with Crippen LogP contribution in [-0.2, 0) is 9.84 Å². The van der Waals surface area contributed by atoms with E-state index in [-0.39, 0.29) is 5.75 Å². The van der Waals surface area contributed by atoms with E-state index in [9.17, 15) is 8.42 Å². The maximum Gasteiger partial charge on any atom is 0.179 e. The van der Waals surface area contributed by atoms with Crippen LogP contribution in [0, 0.1) is 3.57 Å². The van der Waals surface area contributed by atoms with Gasteiger partial charge in [0.05, 0.1) is 10.6 Å². The maximum atomic E-state index is 11.5. The Bertz CT molecular complexity index is 414. The minimum absolute atomic E-state index is 0.143. The SMILES string of the molecule is CCS(=O)(=O)c1ccc(Br)cc1I. The quantitative estimate of drug-likeness (QED) is 0.746. The van der Waals surface area contributed by atoms with Gasteiger partial charge in [0.2, 0.25) is 0 Å². The number of sulfone groups is 1. The van der Waals surface area contributed by atoms with Gasteiger partial charge in [-0.25, -0.2) is 8.42 Å². The smallest absolute Gasteiger partial charge is 0.179 e. The van der Waals surface area contributed by atoms with Crippen LogP contribution < -0.4 is 0 Å². The highest BCUT2D eigenvalue weighted by molar-refractivity contribution is 14.1. The molecule has 0 amide bonds. The van der Waals surface area contributed by atoms with E-state index < -0.39 is 9.84 Å². The molecule has 0 saturated heterocycles. The summed E-state index contributed by atoms with van der Waals surface area (Å²) in [6.07, 6.45) is 0. The van der Waals surface area contributed by atoms with Crippen molar-refractivity contribution < 1.29 is 8.42 Å². The van der Waals surface area contributed by atoms with Gasteiger partial charge >= 0.3 is 0 Å². The van der Waals surface area contributed by atoms with Crippen LogP contribution >= 0.6 is 38.5 Å². The average molecular weight is 375 g/mol. The summed E-state index contributed by atoms with van der Waals surface area (Å²) in [6, 6.07) is 5.17. The van der Waals surface area contributed by atoms with Crippen molar-refractivity contribution in [1.82, 2.24) is 0 Å². The Labute approximate surface area is 99.9 Å². The molecule has 0 unspecified atom stereocenters. The fourth-order valence-electron chi connectivity index (χ4n) is 0.883. The topological polar surface area (TPSA) is 34.1 Å². The predicted molar refractivity (Wildman–Crippen MR) is 64.6 cm³/mol. The third kappa shape index (κ3) is 2.66. The third-order valence-electron chi connectivity index (χ3n) is 1.61. The Hall–Kier alpha value is 0.380. The molecule has 72 valence electrons. The molecule has 1 aromatic rings. The zero-order valence-electron chi connectivity index (χ0n) is 6.92. The largest absolute Gasteiger partial charge is 0.224 e. The summed E-state index contributed by atoms with van der Waals surface area (Å²) in [5.74, 6) is 0.143. The molecule has 0 aromatic heterocycles. The first-order valence-electron chi connectivity index (χ1n) is 3.65. The van der Waals surface area contributed by atoms with Crippen LogP contribution in [0.4, 0.5) is 0 Å². The standard InChI is InChI=1S/C8H8BrIO2S/c1-2-13(11,12)8-4-3-6(9)5-7(8)10/h3-5H,2H2,1H3. The van der Waals surface area contributed by atoms with E-state index in [0.29, 0.717) is 4.90 Å². The van der Waals surface area contributed by atoms with Gasteiger partial charge in [-0.2, -0.15) is 0 Å². The molecule has 0 N–H and O–H groups in total. The Kier molecular flexibility index (Phi) is 3.76. The second kappa shape index (κ2) is 4.27. The Morgan fingerprint density at radius 1 is 1.46 bits per heavy atom. The molecule has 0 spiro atoms. The molecule has 13 heavy (non-hydrogen) atoms. The van der Waals surface area contributed by atoms with Gasteiger partial charge in [-0.05, 0) is 40.8 Å². The first-order valence-corrected chi connectivity index (χ1v) is 7.17. The fourth-order valence-corrected chi connectivity index (χ4v) is 4.14. The monoisotopic (exact) mass is 374 g/mol. The van der Waals surface area contributed by atoms with Crippen LogP contribution in [-0.4, -0.2) is 14.2 Å². The average Bonchev–Trinajstić information content (AvgIpc) is 2.03. The van der Waals surface area contributed by atoms with E-state index in [2.05, 4.69) is 15.9 Å². The summed E-state index contributed by atoms with van der Waals surface area (Å²) in [5.41, 5.74) is 0. The minimum atomic E-state index is -3.07. The molecule has 1 rings (SSSR count). The molecule has 2 nitrogen and oxygen atoms in total. The summed E-state index contributed by atoms with van der Waals surface area (Å²) >= 11 is 5.31. The minimum Gasteiger partial charge on any atom is -0.224 e. The number of halogens is 2. The highest BCUT2D eigenvalue weighted by Gasteiger charge is 2.14. The molecule has 0 fully saturated rings. The van der Waals surface area contributed by atoms with Gasteiger partial charge in [-0.3, -0.25) is 0 Å². The predicted octanol–water partition coefficient (Wildman–Crippen LogP) is 2.85. The highest BCUT2D eigenvalue weighted by atomic mass is 127. The lowest BCUT2D eigenvalue weighted by Gasteiger charge is -2.03. The second-order valence-electron chi connectivity index (χ2n) is 2.48. The first-order chi connectivity index (χ1) is 5.97. The molecular weight excluding hydrogens is 367 g/mol. The van der Waals surface area contributed by atoms with Crippen molar-refractivity contribution in [2.24, 2.45) is 0 Å². The van der Waals surface area contributed by atoms with Crippen LogP contribution in [0.25, 0.3) is 0 Å². The Morgan fingerprint density at radius 3 is 2.54 bits per heavy atom. The van der Waals surface area contributed by atoms with E-state index >= 15 is 0 Å². The van der Waals surface area contributed by atoms with Crippen LogP contribution in [0.1, 0.15) is 6.92 Å². The van der Waals surface area contributed by atoms with E-state index in [1.165, 1.54) is 0 Å². The zero-order chi connectivity index (χ0) is 10.1. The second-order valence-corrected chi connectivity index (χ2v) is 6.80. The van der Waals surface area contributed by atoms with Crippen molar-refractivity contribution in [2.45, 2.75) is 11.8 Å². The van der Waals surface area contributed by atoms with Gasteiger partial charge in [-0.1, -0.05) is 22.9 Å². The van der Waals surface area contributed by atoms with Gasteiger partial charge in [0, 0.05) is 8.04 Å². The molecule has 0 aliphatic heterocycles. The lowest BCUT2D eigenvalue weighted by molar-refractivity contribution is 0.596. The molecule has 0 heterocycles. The number of rotatable bonds is 2. The molecule has 0 radical (unpaired) electrons. The maximum absolute atomic E-state index is 11.5. The molecule has 0 aliphatic rings. The number of hydrogen-bond acceptors (Lipinski definition) is 2. The van der Waals surface area contributed by atoms with Crippen LogP contribution in [0.3, 0.4) is 0 Å². The van der Waals surface area contributed by atoms with Crippen LogP contribution in [0.15, 0.2) is 27.6 Å². The number of hydrogen-bond donors (Lipinski definition) is 0. The van der Waals surface area contributed by atoms with Gasteiger partial charge in [0.25, 0.3) is 0 Å². The summed E-state index contributed by atoms with van der Waals surface area (Å²) < 4.78 is 24.7. The highest BCUT2D eigenvalue weighted by Crippen LogP contribution is 2.23. The fraction of sp³-hybridized carbons (Fsp3) is 0.250. The van der Waals surface area contributed by atoms with Crippen molar-refractivity contribution in [3.8, 4) is 0 Å². The summed E-state index contributed by atoms with van der Waals surface area (Å²) in [5, 5.41) is 0. The van der Waals surface area contributed by atoms with Crippen molar-refractivity contribution in [3.63, 3.8) is 0 Å². The van der Waals surface area contributed by atoms with E-state index in [1.54, 1.807) is 25.1 Å². The lowest BCUT2D eigenvalue weighted by Crippen LogP contribution is -2.05. The first kappa shape index (κ1) is 11.5. The van der Waals surface area contributed by atoms with E-state index in [0.717, 1.165) is 8.04 Å². The lowest BCUT2D eigenvalue weighted by atomic mass is 10.4. The normalized spacial score (nSPS) is 11.6. The summed E-state index contributed by atoms with van der Waals surface area (Å²) in [4.78, 5) is 0.416. The van der Waals surface area contributed by atoms with E-state index in [4.69, 9.17) is 0 Å². The third-order valence-corrected chi connectivity index (χ3v) is 5.15. The van der Waals surface area contributed by atoms with Crippen molar-refractivity contribution in [1.29, 1.82) is 0 Å². The van der Waals surface area contributed by atoms with Gasteiger partial charge in [0.1, 0.15) is 0 Å². The van der Waals surface area contributed by atoms with Crippen molar-refractivity contribution in [3.05, 3.63) is 26.2 Å². The van der Waals surface area contributed by atoms with Crippen LogP contribution in [0.2, 0.25) is 0 Å². The Balaban J connectivity index is 3.33. The van der Waals surface area contributed by atoms with Crippen molar-refractivity contribution in [2.75, 3.05) is 5.75 Å². The molecular formula is C8H8BrIO2S. The van der Waals surface area contributed by atoms with Gasteiger partial charge in [0.15, 0.2) is 9.84 Å². The molecule has 5 heteroatoms.